The number of ether oxygens (including phenoxy) is 1. The third kappa shape index (κ3) is 4.93. The molecule has 0 aliphatic heterocycles. The molecule has 0 saturated carbocycles. The van der Waals surface area contributed by atoms with Gasteiger partial charge in [-0.1, -0.05) is 30.3 Å². The van der Waals surface area contributed by atoms with Gasteiger partial charge in [-0.3, -0.25) is 9.78 Å². The number of aromatic nitrogens is 1. The minimum Gasteiger partial charge on any atom is -0.484 e. The van der Waals surface area contributed by atoms with Crippen LogP contribution in [-0.4, -0.2) is 32.5 Å². The van der Waals surface area contributed by atoms with Gasteiger partial charge in [-0.25, -0.2) is 8.42 Å². The Balaban J connectivity index is 1.70. The average molecular weight is 402 g/mol. The molecule has 2 aromatic heterocycles. The molecule has 0 radical (unpaired) electrons. The third-order valence-corrected chi connectivity index (χ3v) is 7.34. The lowest BCUT2D eigenvalue weighted by atomic mass is 10.2. The van der Waals surface area contributed by atoms with E-state index in [4.69, 9.17) is 4.74 Å². The molecule has 1 amide bonds. The molecule has 6 nitrogen and oxygen atoms in total. The maximum atomic E-state index is 13.0. The number of rotatable bonds is 8. The zero-order valence-corrected chi connectivity index (χ0v) is 15.9. The van der Waals surface area contributed by atoms with E-state index in [0.717, 1.165) is 11.3 Å². The largest absolute Gasteiger partial charge is 0.484 e. The number of sulfone groups is 1. The fourth-order valence-corrected chi connectivity index (χ4v) is 5.31. The summed E-state index contributed by atoms with van der Waals surface area (Å²) in [4.78, 5) is 16.1. The van der Waals surface area contributed by atoms with E-state index in [0.29, 0.717) is 11.3 Å². The monoisotopic (exact) mass is 402 g/mol. The van der Waals surface area contributed by atoms with Crippen LogP contribution in [0.1, 0.15) is 10.8 Å². The van der Waals surface area contributed by atoms with Crippen molar-refractivity contribution in [3.63, 3.8) is 0 Å². The number of amides is 1. The summed E-state index contributed by atoms with van der Waals surface area (Å²) in [5.41, 5.74) is 0.523. The lowest BCUT2D eigenvalue weighted by Crippen LogP contribution is -2.34. The fourth-order valence-electron chi connectivity index (χ4n) is 2.46. The number of para-hydroxylation sites is 1. The summed E-state index contributed by atoms with van der Waals surface area (Å²) in [6.45, 7) is -0.258. The highest BCUT2D eigenvalue weighted by Gasteiger charge is 2.30. The molecule has 0 unspecified atom stereocenters. The summed E-state index contributed by atoms with van der Waals surface area (Å²) >= 11 is 1.15. The minimum atomic E-state index is -3.65. The predicted octanol–water partition coefficient (Wildman–Crippen LogP) is 2.85. The number of hydrogen-bond donors (Lipinski definition) is 1. The SMILES string of the molecule is O=C(COc1ccccc1)NC[C@@H](c1cccnc1)S(=O)(=O)c1cccs1. The first-order valence-corrected chi connectivity index (χ1v) is 10.6. The highest BCUT2D eigenvalue weighted by molar-refractivity contribution is 7.93. The standard InChI is InChI=1S/C19H18N2O4S2/c22-18(14-25-16-7-2-1-3-8-16)21-13-17(15-6-4-10-20-12-15)27(23,24)19-9-5-11-26-19/h1-12,17H,13-14H2,(H,21,22)/t17-/m0/s1. The van der Waals surface area contributed by atoms with Crippen LogP contribution in [-0.2, 0) is 14.6 Å². The van der Waals surface area contributed by atoms with E-state index in [1.54, 1.807) is 60.1 Å². The summed E-state index contributed by atoms with van der Waals surface area (Å²) in [6, 6.07) is 15.6. The van der Waals surface area contributed by atoms with Gasteiger partial charge in [-0.15, -0.1) is 11.3 Å². The molecule has 0 fully saturated rings. The van der Waals surface area contributed by atoms with Gasteiger partial charge in [0.2, 0.25) is 0 Å². The smallest absolute Gasteiger partial charge is 0.257 e. The van der Waals surface area contributed by atoms with Crippen LogP contribution in [0.25, 0.3) is 0 Å². The second-order valence-electron chi connectivity index (χ2n) is 5.66. The lowest BCUT2D eigenvalue weighted by molar-refractivity contribution is -0.123. The Morgan fingerprint density at radius 1 is 1.11 bits per heavy atom. The average Bonchev–Trinajstić information content (AvgIpc) is 3.24. The number of benzene rings is 1. The first kappa shape index (κ1) is 19.1. The molecule has 8 heteroatoms. The number of nitrogens with one attached hydrogen (secondary N) is 1. The Kier molecular flexibility index (Phi) is 6.20. The van der Waals surface area contributed by atoms with E-state index in [1.807, 2.05) is 6.07 Å². The molecule has 0 aliphatic rings. The molecule has 1 atom stereocenters. The Morgan fingerprint density at radius 3 is 2.59 bits per heavy atom. The van der Waals surface area contributed by atoms with E-state index in [-0.39, 0.29) is 17.4 Å². The van der Waals surface area contributed by atoms with E-state index >= 15 is 0 Å². The van der Waals surface area contributed by atoms with Crippen LogP contribution in [0.15, 0.2) is 76.6 Å². The van der Waals surface area contributed by atoms with Crippen molar-refractivity contribution < 1.29 is 17.9 Å². The van der Waals surface area contributed by atoms with E-state index in [1.165, 1.54) is 6.20 Å². The van der Waals surface area contributed by atoms with Crippen molar-refractivity contribution in [2.45, 2.75) is 9.46 Å². The van der Waals surface area contributed by atoms with Crippen LogP contribution in [0.3, 0.4) is 0 Å². The predicted molar refractivity (Wildman–Crippen MR) is 103 cm³/mol. The quantitative estimate of drug-likeness (QED) is 0.626. The van der Waals surface area contributed by atoms with E-state index in [9.17, 15) is 13.2 Å². The van der Waals surface area contributed by atoms with Gasteiger partial charge in [-0.05, 0) is 35.2 Å². The molecular formula is C19H18N2O4S2. The lowest BCUT2D eigenvalue weighted by Gasteiger charge is -2.18. The van der Waals surface area contributed by atoms with Crippen molar-refractivity contribution in [3.8, 4) is 5.75 Å². The van der Waals surface area contributed by atoms with Crippen LogP contribution in [0.5, 0.6) is 5.75 Å². The van der Waals surface area contributed by atoms with Crippen LogP contribution in [0, 0.1) is 0 Å². The zero-order valence-electron chi connectivity index (χ0n) is 14.3. The van der Waals surface area contributed by atoms with Gasteiger partial charge in [-0.2, -0.15) is 0 Å². The molecule has 0 bridgehead atoms. The molecule has 2 heterocycles. The molecular weight excluding hydrogens is 384 g/mol. The number of pyridine rings is 1. The van der Waals surface area contributed by atoms with E-state index < -0.39 is 21.0 Å². The molecule has 1 aromatic carbocycles. The van der Waals surface area contributed by atoms with Crippen LogP contribution < -0.4 is 10.1 Å². The highest BCUT2D eigenvalue weighted by atomic mass is 32.2. The molecule has 3 rings (SSSR count). The summed E-state index contributed by atoms with van der Waals surface area (Å²) in [5, 5.41) is 3.44. The molecule has 0 saturated heterocycles. The Bertz CT molecular complexity index is 959. The van der Waals surface area contributed by atoms with Gasteiger partial charge in [0.15, 0.2) is 16.4 Å². The summed E-state index contributed by atoms with van der Waals surface area (Å²) in [7, 11) is -3.65. The first-order valence-electron chi connectivity index (χ1n) is 8.19. The summed E-state index contributed by atoms with van der Waals surface area (Å²) < 4.78 is 31.6. The molecule has 1 N–H and O–H groups in total. The van der Waals surface area contributed by atoms with Crippen LogP contribution in [0.2, 0.25) is 0 Å². The number of nitrogens with zero attached hydrogens (tertiary/aromatic N) is 1. The number of hydrogen-bond acceptors (Lipinski definition) is 6. The number of thiophene rings is 1. The molecule has 0 spiro atoms. The molecule has 3 aromatic rings. The minimum absolute atomic E-state index is 0.0666. The third-order valence-electron chi connectivity index (χ3n) is 3.80. The summed E-state index contributed by atoms with van der Waals surface area (Å²) in [6.07, 6.45) is 3.08. The Hall–Kier alpha value is -2.71. The first-order chi connectivity index (χ1) is 13.1. The topological polar surface area (TPSA) is 85.4 Å². The second kappa shape index (κ2) is 8.79. The number of carbonyl (C=O) groups excluding carboxylic acids is 1. The maximum absolute atomic E-state index is 13.0. The van der Waals surface area contributed by atoms with Crippen LogP contribution in [0.4, 0.5) is 0 Å². The normalized spacial score (nSPS) is 12.3. The van der Waals surface area contributed by atoms with Gasteiger partial charge in [0.25, 0.3) is 5.91 Å². The van der Waals surface area contributed by atoms with Gasteiger partial charge >= 0.3 is 0 Å². The van der Waals surface area contributed by atoms with Crippen molar-refractivity contribution in [2.75, 3.05) is 13.2 Å². The van der Waals surface area contributed by atoms with E-state index in [2.05, 4.69) is 10.3 Å². The van der Waals surface area contributed by atoms with Crippen molar-refractivity contribution >= 4 is 27.1 Å². The maximum Gasteiger partial charge on any atom is 0.257 e. The summed E-state index contributed by atoms with van der Waals surface area (Å²) in [5.74, 6) is 0.178. The molecule has 0 aliphatic carbocycles. The number of carbonyl (C=O) groups is 1. The molecule has 27 heavy (non-hydrogen) atoms. The Labute approximate surface area is 161 Å². The van der Waals surface area contributed by atoms with Gasteiger partial charge in [0.1, 0.15) is 15.2 Å². The van der Waals surface area contributed by atoms with Gasteiger partial charge in [0, 0.05) is 18.9 Å². The zero-order chi connectivity index (χ0) is 19.1. The fraction of sp³-hybridized carbons (Fsp3) is 0.158. The second-order valence-corrected chi connectivity index (χ2v) is 8.96. The van der Waals surface area contributed by atoms with Crippen molar-refractivity contribution in [2.24, 2.45) is 0 Å². The van der Waals surface area contributed by atoms with Gasteiger partial charge < -0.3 is 10.1 Å². The Morgan fingerprint density at radius 2 is 1.93 bits per heavy atom. The highest BCUT2D eigenvalue weighted by Crippen LogP contribution is 2.30. The van der Waals surface area contributed by atoms with Crippen LogP contribution >= 0.6 is 11.3 Å². The van der Waals surface area contributed by atoms with Gasteiger partial charge in [0.05, 0.1) is 0 Å². The van der Waals surface area contributed by atoms with Crippen molar-refractivity contribution in [1.29, 1.82) is 0 Å². The molecule has 140 valence electrons. The van der Waals surface area contributed by atoms with Crippen molar-refractivity contribution in [1.82, 2.24) is 10.3 Å². The van der Waals surface area contributed by atoms with Crippen molar-refractivity contribution in [3.05, 3.63) is 77.9 Å².